The van der Waals surface area contributed by atoms with Crippen LogP contribution in [0.2, 0.25) is 0 Å². The zero-order valence-electron chi connectivity index (χ0n) is 25.1. The third kappa shape index (κ3) is 5.40. The molecule has 3 aromatic carbocycles. The Labute approximate surface area is 236 Å². The van der Waals surface area contributed by atoms with E-state index in [1.165, 1.54) is 6.92 Å². The fourth-order valence-electron chi connectivity index (χ4n) is 5.23. The van der Waals surface area contributed by atoms with Gasteiger partial charge in [0.15, 0.2) is 11.6 Å². The molecule has 210 valence electrons. The number of aromatic nitrogens is 2. The summed E-state index contributed by atoms with van der Waals surface area (Å²) >= 11 is 0. The van der Waals surface area contributed by atoms with Crippen LogP contribution in [0.1, 0.15) is 104 Å². The number of phenolic OH excluding ortho intramolecular Hbond substituents is 1. The molecule has 40 heavy (non-hydrogen) atoms. The molecule has 0 radical (unpaired) electrons. The Morgan fingerprint density at radius 3 is 1.90 bits per heavy atom. The van der Waals surface area contributed by atoms with E-state index in [2.05, 4.69) is 0 Å². The van der Waals surface area contributed by atoms with Crippen molar-refractivity contribution in [1.82, 2.24) is 9.13 Å². The Hall–Kier alpha value is -3.93. The van der Waals surface area contributed by atoms with Gasteiger partial charge in [-0.1, -0.05) is 71.4 Å². The Morgan fingerprint density at radius 1 is 0.850 bits per heavy atom. The van der Waals surface area contributed by atoms with E-state index in [-0.39, 0.29) is 33.8 Å². The number of fused-ring (bicyclic) bond motifs is 1. The Morgan fingerprint density at radius 2 is 1.40 bits per heavy atom. The minimum absolute atomic E-state index is 0.0549. The third-order valence-electron chi connectivity index (χ3n) is 7.65. The molecule has 0 fully saturated rings. The van der Waals surface area contributed by atoms with Gasteiger partial charge in [0.2, 0.25) is 5.62 Å². The van der Waals surface area contributed by atoms with E-state index in [0.29, 0.717) is 23.2 Å². The number of benzene rings is 3. The van der Waals surface area contributed by atoms with E-state index < -0.39 is 6.04 Å². The minimum Gasteiger partial charge on any atom is -0.507 e. The molecule has 1 heterocycles. The van der Waals surface area contributed by atoms with E-state index in [4.69, 9.17) is 0 Å². The van der Waals surface area contributed by atoms with E-state index >= 15 is 0 Å². The highest BCUT2D eigenvalue weighted by Gasteiger charge is 2.30. The van der Waals surface area contributed by atoms with Crippen LogP contribution in [0.25, 0.3) is 11.0 Å². The summed E-state index contributed by atoms with van der Waals surface area (Å²) < 4.78 is 3.60. The first-order valence-electron chi connectivity index (χ1n) is 13.8. The van der Waals surface area contributed by atoms with Gasteiger partial charge in [0.1, 0.15) is 5.75 Å². The average Bonchev–Trinajstić information content (AvgIpc) is 3.13. The fraction of sp³-hybridized carbons (Fsp3) is 0.382. The van der Waals surface area contributed by atoms with Gasteiger partial charge in [-0.2, -0.15) is 0 Å². The minimum atomic E-state index is -0.692. The zero-order valence-corrected chi connectivity index (χ0v) is 25.1. The SMILES string of the molecule is CC(=O)c1ccc2c(c1)n(Cc1ccc(C)cc1)c(=N)n2C(C)C(=O)c1cc(C(C)(C)C)c(O)c(C(C)(C)C)c1. The highest BCUT2D eigenvalue weighted by atomic mass is 16.3. The molecule has 0 spiro atoms. The zero-order chi connectivity index (χ0) is 29.7. The van der Waals surface area contributed by atoms with Crippen molar-refractivity contribution >= 4 is 22.6 Å². The highest BCUT2D eigenvalue weighted by molar-refractivity contribution is 6.01. The van der Waals surface area contributed by atoms with Gasteiger partial charge >= 0.3 is 0 Å². The lowest BCUT2D eigenvalue weighted by Gasteiger charge is -2.28. The lowest BCUT2D eigenvalue weighted by Crippen LogP contribution is -2.31. The number of hydrogen-bond acceptors (Lipinski definition) is 4. The van der Waals surface area contributed by atoms with Crippen molar-refractivity contribution in [1.29, 1.82) is 5.41 Å². The second-order valence-electron chi connectivity index (χ2n) is 13.0. The molecule has 2 N–H and O–H groups in total. The van der Waals surface area contributed by atoms with Crippen LogP contribution in [0.15, 0.2) is 54.6 Å². The van der Waals surface area contributed by atoms with Crippen LogP contribution in [0.3, 0.4) is 0 Å². The van der Waals surface area contributed by atoms with Crippen molar-refractivity contribution in [2.75, 3.05) is 0 Å². The first kappa shape index (κ1) is 29.1. The molecular formula is C34H41N3O3. The summed E-state index contributed by atoms with van der Waals surface area (Å²) in [5.74, 6) is 0.0322. The summed E-state index contributed by atoms with van der Waals surface area (Å²) in [5, 5.41) is 20.4. The van der Waals surface area contributed by atoms with Gasteiger partial charge in [-0.25, -0.2) is 0 Å². The van der Waals surface area contributed by atoms with Crippen molar-refractivity contribution in [3.63, 3.8) is 0 Å². The summed E-state index contributed by atoms with van der Waals surface area (Å²) in [5.41, 5.74) is 5.58. The van der Waals surface area contributed by atoms with Crippen LogP contribution < -0.4 is 5.62 Å². The standard InChI is InChI=1S/C34H41N3O3/c1-20-10-12-23(13-11-20)19-36-29-18-24(22(3)38)14-15-28(29)37(32(36)35)21(2)30(39)25-16-26(33(4,5)6)31(40)27(17-25)34(7,8)9/h10-18,21,35,40H,19H2,1-9H3. The molecule has 0 saturated carbocycles. The van der Waals surface area contributed by atoms with Gasteiger partial charge in [-0.05, 0) is 67.5 Å². The number of rotatable bonds is 6. The molecule has 0 bridgehead atoms. The predicted octanol–water partition coefficient (Wildman–Crippen LogP) is 7.23. The lowest BCUT2D eigenvalue weighted by molar-refractivity contribution is 0.0932. The summed E-state index contributed by atoms with van der Waals surface area (Å²) in [4.78, 5) is 26.4. The number of hydrogen-bond donors (Lipinski definition) is 2. The first-order valence-corrected chi connectivity index (χ1v) is 13.8. The molecule has 1 aromatic heterocycles. The summed E-state index contributed by atoms with van der Waals surface area (Å²) in [6, 6.07) is 16.4. The topological polar surface area (TPSA) is 88.1 Å². The molecule has 1 unspecified atom stereocenters. The molecule has 0 aliphatic rings. The largest absolute Gasteiger partial charge is 0.507 e. The van der Waals surface area contributed by atoms with Gasteiger partial charge in [-0.15, -0.1) is 0 Å². The number of aromatic hydroxyl groups is 1. The van der Waals surface area contributed by atoms with Crippen LogP contribution in [-0.4, -0.2) is 25.8 Å². The van der Waals surface area contributed by atoms with Gasteiger partial charge in [0.25, 0.3) is 0 Å². The normalized spacial score (nSPS) is 13.0. The molecule has 4 rings (SSSR count). The quantitative estimate of drug-likeness (QED) is 0.253. The molecule has 6 nitrogen and oxygen atoms in total. The van der Waals surface area contributed by atoms with Crippen molar-refractivity contribution in [2.45, 2.75) is 85.7 Å². The van der Waals surface area contributed by atoms with E-state index in [0.717, 1.165) is 27.8 Å². The van der Waals surface area contributed by atoms with Gasteiger partial charge in [-0.3, -0.25) is 19.6 Å². The molecule has 0 saturated heterocycles. The van der Waals surface area contributed by atoms with Crippen molar-refractivity contribution in [3.8, 4) is 5.75 Å². The lowest BCUT2D eigenvalue weighted by atomic mass is 9.78. The van der Waals surface area contributed by atoms with Gasteiger partial charge < -0.3 is 9.67 Å². The molecule has 6 heteroatoms. The third-order valence-corrected chi connectivity index (χ3v) is 7.65. The van der Waals surface area contributed by atoms with E-state index in [1.807, 2.05) is 96.4 Å². The number of imidazole rings is 1. The number of nitrogens with one attached hydrogen (secondary N) is 1. The number of phenols is 1. The number of carbonyl (C=O) groups excluding carboxylic acids is 2. The maximum atomic E-state index is 14.1. The molecule has 1 atom stereocenters. The Bertz CT molecular complexity index is 1640. The number of ketones is 2. The highest BCUT2D eigenvalue weighted by Crippen LogP contribution is 2.40. The van der Waals surface area contributed by atoms with E-state index in [1.54, 1.807) is 22.8 Å². The average molecular weight is 540 g/mol. The number of Topliss-reactive ketones (excluding diaryl/α,β-unsaturated/α-hetero) is 2. The molecule has 4 aromatic rings. The monoisotopic (exact) mass is 539 g/mol. The van der Waals surface area contributed by atoms with Gasteiger partial charge in [0.05, 0.1) is 23.6 Å². The van der Waals surface area contributed by atoms with Gasteiger partial charge in [0, 0.05) is 22.3 Å². The summed E-state index contributed by atoms with van der Waals surface area (Å²) in [7, 11) is 0. The van der Waals surface area contributed by atoms with Crippen molar-refractivity contribution in [3.05, 3.63) is 93.6 Å². The second kappa shape index (κ2) is 10.2. The molecule has 0 aliphatic heterocycles. The van der Waals surface area contributed by atoms with Crippen molar-refractivity contribution < 1.29 is 14.7 Å². The van der Waals surface area contributed by atoms with Crippen LogP contribution in [-0.2, 0) is 17.4 Å². The Balaban J connectivity index is 1.91. The van der Waals surface area contributed by atoms with Crippen LogP contribution >= 0.6 is 0 Å². The first-order chi connectivity index (χ1) is 18.5. The predicted molar refractivity (Wildman–Crippen MR) is 161 cm³/mol. The summed E-state index contributed by atoms with van der Waals surface area (Å²) in [6.07, 6.45) is 0. The maximum Gasteiger partial charge on any atom is 0.204 e. The maximum absolute atomic E-state index is 14.1. The fourth-order valence-corrected chi connectivity index (χ4v) is 5.23. The van der Waals surface area contributed by atoms with E-state index in [9.17, 15) is 20.1 Å². The molecule has 0 amide bonds. The molecular weight excluding hydrogens is 498 g/mol. The van der Waals surface area contributed by atoms with Crippen LogP contribution in [0.4, 0.5) is 0 Å². The van der Waals surface area contributed by atoms with Crippen molar-refractivity contribution in [2.24, 2.45) is 0 Å². The summed E-state index contributed by atoms with van der Waals surface area (Å²) in [6.45, 7) is 17.9. The number of nitrogens with zero attached hydrogens (tertiary/aromatic N) is 2. The molecule has 0 aliphatic carbocycles. The Kier molecular flexibility index (Phi) is 7.44. The smallest absolute Gasteiger partial charge is 0.204 e. The number of aryl methyl sites for hydroxylation is 1. The van der Waals surface area contributed by atoms with Crippen LogP contribution in [0, 0.1) is 12.3 Å². The number of carbonyl (C=O) groups is 2. The second-order valence-corrected chi connectivity index (χ2v) is 13.0. The van der Waals surface area contributed by atoms with Crippen LogP contribution in [0.5, 0.6) is 5.75 Å².